The first kappa shape index (κ1) is 8.91. The molecule has 1 fully saturated rings. The SMILES string of the molecule is O=S([O-])C1(Cc2ccccc2)CC1. The summed E-state index contributed by atoms with van der Waals surface area (Å²) in [5.74, 6) is 0. The highest BCUT2D eigenvalue weighted by molar-refractivity contribution is 7.81. The molecule has 0 bridgehead atoms. The standard InChI is InChI=1S/C10H12O2S/c11-13(12)10(6-7-10)8-9-4-2-1-3-5-9/h1-5H,6-8H2,(H,11,12)/p-1. The van der Waals surface area contributed by atoms with Crippen LogP contribution in [0, 0.1) is 0 Å². The number of hydrogen-bond acceptors (Lipinski definition) is 2. The van der Waals surface area contributed by atoms with Crippen LogP contribution in [0.15, 0.2) is 30.3 Å². The first-order valence-electron chi connectivity index (χ1n) is 4.36. The maximum absolute atomic E-state index is 10.9. The zero-order valence-electron chi connectivity index (χ0n) is 7.23. The van der Waals surface area contributed by atoms with Crippen LogP contribution in [0.3, 0.4) is 0 Å². The quantitative estimate of drug-likeness (QED) is 0.688. The van der Waals surface area contributed by atoms with Crippen LogP contribution in [-0.2, 0) is 17.5 Å². The second kappa shape index (κ2) is 3.24. The summed E-state index contributed by atoms with van der Waals surface area (Å²) < 4.78 is 21.3. The predicted octanol–water partition coefficient (Wildman–Crippen LogP) is 1.64. The molecule has 2 rings (SSSR count). The van der Waals surface area contributed by atoms with Crippen molar-refractivity contribution in [3.05, 3.63) is 35.9 Å². The van der Waals surface area contributed by atoms with E-state index in [0.717, 1.165) is 18.4 Å². The Kier molecular flexibility index (Phi) is 2.22. The highest BCUT2D eigenvalue weighted by Gasteiger charge is 2.43. The average Bonchev–Trinajstić information content (AvgIpc) is 2.87. The normalized spacial score (nSPS) is 21.0. The monoisotopic (exact) mass is 195 g/mol. The smallest absolute Gasteiger partial charge is 0.0368 e. The van der Waals surface area contributed by atoms with Crippen molar-refractivity contribution in [2.45, 2.75) is 24.0 Å². The van der Waals surface area contributed by atoms with Crippen molar-refractivity contribution < 1.29 is 8.76 Å². The molecule has 3 heteroatoms. The molecule has 1 atom stereocenters. The zero-order chi connectivity index (χ0) is 9.31. The van der Waals surface area contributed by atoms with Gasteiger partial charge in [-0.15, -0.1) is 0 Å². The van der Waals surface area contributed by atoms with Gasteiger partial charge in [-0.25, -0.2) is 0 Å². The topological polar surface area (TPSA) is 40.1 Å². The van der Waals surface area contributed by atoms with E-state index in [4.69, 9.17) is 0 Å². The van der Waals surface area contributed by atoms with Gasteiger partial charge in [0, 0.05) is 4.75 Å². The molecule has 70 valence electrons. The van der Waals surface area contributed by atoms with Gasteiger partial charge in [0.05, 0.1) is 0 Å². The predicted molar refractivity (Wildman–Crippen MR) is 51.0 cm³/mol. The fourth-order valence-corrected chi connectivity index (χ4v) is 2.23. The van der Waals surface area contributed by atoms with E-state index in [2.05, 4.69) is 0 Å². The van der Waals surface area contributed by atoms with Gasteiger partial charge in [-0.05, 0) is 35.9 Å². The van der Waals surface area contributed by atoms with Crippen molar-refractivity contribution >= 4 is 11.1 Å². The van der Waals surface area contributed by atoms with Crippen molar-refractivity contribution in [2.75, 3.05) is 0 Å². The zero-order valence-corrected chi connectivity index (χ0v) is 8.05. The van der Waals surface area contributed by atoms with Crippen LogP contribution < -0.4 is 0 Å². The minimum atomic E-state index is -1.92. The molecule has 13 heavy (non-hydrogen) atoms. The molecule has 0 aliphatic heterocycles. The Balaban J connectivity index is 2.11. The third-order valence-electron chi connectivity index (χ3n) is 2.53. The molecule has 1 aliphatic rings. The van der Waals surface area contributed by atoms with E-state index in [0.29, 0.717) is 6.42 Å². The Bertz CT molecular complexity index is 317. The number of rotatable bonds is 3. The van der Waals surface area contributed by atoms with Gasteiger partial charge in [0.2, 0.25) is 0 Å². The molecule has 0 heterocycles. The first-order valence-corrected chi connectivity index (χ1v) is 5.44. The third-order valence-corrected chi connectivity index (χ3v) is 3.79. The lowest BCUT2D eigenvalue weighted by Crippen LogP contribution is -2.19. The molecular weight excluding hydrogens is 184 g/mol. The van der Waals surface area contributed by atoms with Crippen LogP contribution >= 0.6 is 0 Å². The Hall–Kier alpha value is -0.670. The molecule has 0 radical (unpaired) electrons. The Morgan fingerprint density at radius 1 is 1.31 bits per heavy atom. The lowest BCUT2D eigenvalue weighted by atomic mass is 10.1. The van der Waals surface area contributed by atoms with Crippen molar-refractivity contribution in [3.63, 3.8) is 0 Å². The molecule has 1 aromatic rings. The molecule has 0 aromatic heterocycles. The lowest BCUT2D eigenvalue weighted by molar-refractivity contribution is 0.517. The summed E-state index contributed by atoms with van der Waals surface area (Å²) in [4.78, 5) is 0. The van der Waals surface area contributed by atoms with Gasteiger partial charge in [-0.2, -0.15) is 0 Å². The Morgan fingerprint density at radius 3 is 2.38 bits per heavy atom. The summed E-state index contributed by atoms with van der Waals surface area (Å²) in [6.45, 7) is 0. The van der Waals surface area contributed by atoms with E-state index in [1.165, 1.54) is 0 Å². The second-order valence-corrected chi connectivity index (χ2v) is 4.92. The third kappa shape index (κ3) is 1.81. The molecule has 0 N–H and O–H groups in total. The molecule has 1 saturated carbocycles. The van der Waals surface area contributed by atoms with Gasteiger partial charge >= 0.3 is 0 Å². The van der Waals surface area contributed by atoms with Crippen LogP contribution in [0.25, 0.3) is 0 Å². The molecule has 2 nitrogen and oxygen atoms in total. The van der Waals surface area contributed by atoms with Crippen LogP contribution in [0.2, 0.25) is 0 Å². The number of benzene rings is 1. The Labute approximate surface area is 80.3 Å². The fourth-order valence-electron chi connectivity index (χ4n) is 1.51. The van der Waals surface area contributed by atoms with Gasteiger partial charge in [0.25, 0.3) is 0 Å². The molecule has 1 aliphatic carbocycles. The Morgan fingerprint density at radius 2 is 1.92 bits per heavy atom. The van der Waals surface area contributed by atoms with Crippen LogP contribution in [0.4, 0.5) is 0 Å². The van der Waals surface area contributed by atoms with Crippen molar-refractivity contribution in [2.24, 2.45) is 0 Å². The van der Waals surface area contributed by atoms with E-state index >= 15 is 0 Å². The van der Waals surface area contributed by atoms with E-state index in [-0.39, 0.29) is 0 Å². The second-order valence-electron chi connectivity index (χ2n) is 3.58. The minimum absolute atomic E-state index is 0.429. The van der Waals surface area contributed by atoms with Crippen molar-refractivity contribution in [3.8, 4) is 0 Å². The molecule has 0 saturated heterocycles. The highest BCUT2D eigenvalue weighted by Crippen LogP contribution is 2.43. The van der Waals surface area contributed by atoms with E-state index in [9.17, 15) is 8.76 Å². The van der Waals surface area contributed by atoms with Gasteiger partial charge in [-0.3, -0.25) is 4.21 Å². The summed E-state index contributed by atoms with van der Waals surface area (Å²) in [5, 5.41) is 0. The highest BCUT2D eigenvalue weighted by atomic mass is 32.2. The van der Waals surface area contributed by atoms with Crippen LogP contribution in [0.1, 0.15) is 18.4 Å². The molecule has 1 aromatic carbocycles. The average molecular weight is 195 g/mol. The minimum Gasteiger partial charge on any atom is -0.772 e. The fraction of sp³-hybridized carbons (Fsp3) is 0.400. The van der Waals surface area contributed by atoms with Crippen molar-refractivity contribution in [1.82, 2.24) is 0 Å². The maximum atomic E-state index is 10.9. The van der Waals surface area contributed by atoms with E-state index < -0.39 is 15.8 Å². The lowest BCUT2D eigenvalue weighted by Gasteiger charge is -2.17. The molecular formula is C10H11O2S-. The maximum Gasteiger partial charge on any atom is 0.0368 e. The van der Waals surface area contributed by atoms with E-state index in [1.807, 2.05) is 30.3 Å². The van der Waals surface area contributed by atoms with Crippen LogP contribution in [0.5, 0.6) is 0 Å². The largest absolute Gasteiger partial charge is 0.772 e. The van der Waals surface area contributed by atoms with Crippen molar-refractivity contribution in [1.29, 1.82) is 0 Å². The van der Waals surface area contributed by atoms with Gasteiger partial charge < -0.3 is 4.55 Å². The van der Waals surface area contributed by atoms with Gasteiger partial charge in [-0.1, -0.05) is 30.3 Å². The summed E-state index contributed by atoms with van der Waals surface area (Å²) in [7, 11) is 0. The van der Waals surface area contributed by atoms with Gasteiger partial charge in [0.15, 0.2) is 0 Å². The molecule has 0 spiro atoms. The van der Waals surface area contributed by atoms with E-state index in [1.54, 1.807) is 0 Å². The molecule has 0 amide bonds. The van der Waals surface area contributed by atoms with Crippen LogP contribution in [-0.4, -0.2) is 13.5 Å². The number of hydrogen-bond donors (Lipinski definition) is 0. The molecule has 1 unspecified atom stereocenters. The van der Waals surface area contributed by atoms with Gasteiger partial charge in [0.1, 0.15) is 0 Å². The summed E-state index contributed by atoms with van der Waals surface area (Å²) in [5.41, 5.74) is 1.12. The summed E-state index contributed by atoms with van der Waals surface area (Å²) in [6, 6.07) is 9.79. The summed E-state index contributed by atoms with van der Waals surface area (Å²) in [6.07, 6.45) is 2.31. The summed E-state index contributed by atoms with van der Waals surface area (Å²) >= 11 is -1.92. The first-order chi connectivity index (χ1) is 6.23.